The Kier molecular flexibility index (Phi) is 6.60. The molecular weight excluding hydrogens is 312 g/mol. The molecule has 0 aliphatic rings. The highest BCUT2D eigenvalue weighted by Gasteiger charge is 2.12. The number of hydrogen-bond donors (Lipinski definition) is 1. The van der Waals surface area contributed by atoms with Gasteiger partial charge < -0.3 is 24.1 Å². The van der Waals surface area contributed by atoms with E-state index in [1.807, 2.05) is 30.3 Å². The molecule has 1 N–H and O–H groups in total. The second kappa shape index (κ2) is 8.90. The third-order valence-corrected chi connectivity index (χ3v) is 3.31. The highest BCUT2D eigenvalue weighted by molar-refractivity contribution is 5.88. The maximum absolute atomic E-state index is 11.0. The molecule has 6 nitrogen and oxygen atoms in total. The highest BCUT2D eigenvalue weighted by atomic mass is 16.7. The zero-order valence-corrected chi connectivity index (χ0v) is 13.6. The first-order valence-electron chi connectivity index (χ1n) is 7.39. The Morgan fingerprint density at radius 1 is 1.04 bits per heavy atom. The molecule has 2 rings (SSSR count). The second-order valence-corrected chi connectivity index (χ2v) is 4.87. The second-order valence-electron chi connectivity index (χ2n) is 4.87. The molecule has 0 aromatic heterocycles. The molecule has 24 heavy (non-hydrogen) atoms. The lowest BCUT2D eigenvalue weighted by atomic mass is 10.2. The quantitative estimate of drug-likeness (QED) is 0.562. The summed E-state index contributed by atoms with van der Waals surface area (Å²) in [5.74, 6) is -0.199. The summed E-state index contributed by atoms with van der Waals surface area (Å²) in [4.78, 5) is 11.0. The Hall–Kier alpha value is -2.57. The van der Waals surface area contributed by atoms with Crippen molar-refractivity contribution in [2.75, 3.05) is 27.4 Å². The van der Waals surface area contributed by atoms with E-state index in [1.54, 1.807) is 13.2 Å². The molecule has 0 saturated carbocycles. The minimum absolute atomic E-state index is 0.138. The maximum atomic E-state index is 11.0. The number of carboxylic acid groups (broad SMARTS) is 1. The van der Waals surface area contributed by atoms with Crippen LogP contribution in [0.3, 0.4) is 0 Å². The summed E-state index contributed by atoms with van der Waals surface area (Å²) >= 11 is 0. The van der Waals surface area contributed by atoms with E-state index in [-0.39, 0.29) is 12.2 Å². The average molecular weight is 332 g/mol. The van der Waals surface area contributed by atoms with Gasteiger partial charge in [0, 0.05) is 12.7 Å². The lowest BCUT2D eigenvalue weighted by Crippen LogP contribution is -2.13. The molecule has 0 fully saturated rings. The smallest absolute Gasteiger partial charge is 0.335 e. The zero-order chi connectivity index (χ0) is 17.4. The summed E-state index contributed by atoms with van der Waals surface area (Å²) in [6.07, 6.45) is -0.467. The van der Waals surface area contributed by atoms with Gasteiger partial charge in [-0.2, -0.15) is 0 Å². The molecule has 0 saturated heterocycles. The van der Waals surface area contributed by atoms with Crippen LogP contribution >= 0.6 is 0 Å². The van der Waals surface area contributed by atoms with Gasteiger partial charge in [0.2, 0.25) is 0 Å². The number of carbonyl (C=O) groups is 1. The van der Waals surface area contributed by atoms with Crippen molar-refractivity contribution in [2.24, 2.45) is 0 Å². The van der Waals surface area contributed by atoms with Crippen molar-refractivity contribution in [3.05, 3.63) is 59.7 Å². The molecule has 0 aliphatic carbocycles. The number of hydrogen-bond acceptors (Lipinski definition) is 5. The fourth-order valence-corrected chi connectivity index (χ4v) is 2.14. The van der Waals surface area contributed by atoms with Crippen molar-refractivity contribution >= 4 is 5.97 Å². The summed E-state index contributed by atoms with van der Waals surface area (Å²) in [5.41, 5.74) is 1.06. The summed E-state index contributed by atoms with van der Waals surface area (Å²) in [5, 5.41) is 8.98. The number of carboxylic acids is 1. The van der Waals surface area contributed by atoms with Gasteiger partial charge in [0.15, 0.2) is 17.8 Å². The van der Waals surface area contributed by atoms with E-state index in [2.05, 4.69) is 0 Å². The molecular formula is C18H20O6. The summed E-state index contributed by atoms with van der Waals surface area (Å²) < 4.78 is 21.7. The topological polar surface area (TPSA) is 74.2 Å². The Labute approximate surface area is 140 Å². The van der Waals surface area contributed by atoms with E-state index in [0.29, 0.717) is 18.1 Å². The number of aromatic carboxylic acids is 1. The van der Waals surface area contributed by atoms with E-state index >= 15 is 0 Å². The van der Waals surface area contributed by atoms with Gasteiger partial charge in [-0.3, -0.25) is 0 Å². The van der Waals surface area contributed by atoms with Crippen LogP contribution in [-0.4, -0.2) is 38.5 Å². The van der Waals surface area contributed by atoms with Gasteiger partial charge in [0.25, 0.3) is 0 Å². The minimum Gasteiger partial charge on any atom is -0.493 e. The average Bonchev–Trinajstić information content (AvgIpc) is 2.62. The number of rotatable bonds is 9. The molecule has 128 valence electrons. The zero-order valence-electron chi connectivity index (χ0n) is 13.6. The molecule has 0 amide bonds. The van der Waals surface area contributed by atoms with Gasteiger partial charge in [0.1, 0.15) is 6.61 Å². The Balaban J connectivity index is 1.89. The van der Waals surface area contributed by atoms with Crippen LogP contribution in [0.1, 0.15) is 22.2 Å². The molecule has 0 heterocycles. The predicted octanol–water partition coefficient (Wildman–Crippen LogP) is 3.13. The van der Waals surface area contributed by atoms with Crippen LogP contribution in [-0.2, 0) is 9.47 Å². The van der Waals surface area contributed by atoms with Crippen molar-refractivity contribution in [1.82, 2.24) is 0 Å². The van der Waals surface area contributed by atoms with Gasteiger partial charge in [0.05, 0.1) is 19.3 Å². The molecule has 2 aromatic carbocycles. The van der Waals surface area contributed by atoms with E-state index in [1.165, 1.54) is 19.2 Å². The molecule has 0 aliphatic heterocycles. The first-order valence-corrected chi connectivity index (χ1v) is 7.39. The monoisotopic (exact) mass is 332 g/mol. The highest BCUT2D eigenvalue weighted by Crippen LogP contribution is 2.28. The van der Waals surface area contributed by atoms with Crippen LogP contribution in [0, 0.1) is 0 Å². The van der Waals surface area contributed by atoms with Gasteiger partial charge in [-0.15, -0.1) is 0 Å². The van der Waals surface area contributed by atoms with Gasteiger partial charge in [-0.05, 0) is 18.2 Å². The van der Waals surface area contributed by atoms with Crippen LogP contribution in [0.5, 0.6) is 11.5 Å². The fourth-order valence-electron chi connectivity index (χ4n) is 2.14. The van der Waals surface area contributed by atoms with Crippen LogP contribution in [0.25, 0.3) is 0 Å². The van der Waals surface area contributed by atoms with Crippen molar-refractivity contribution in [3.8, 4) is 11.5 Å². The standard InChI is InChI=1S/C18H20O6/c1-21-16-12-14(17(19)20)8-9-15(16)23-10-11-24-18(22-2)13-6-4-3-5-7-13/h3-9,12,18H,10-11H2,1-2H3,(H,19,20). The van der Waals surface area contributed by atoms with Crippen LogP contribution in [0.15, 0.2) is 48.5 Å². The van der Waals surface area contributed by atoms with E-state index in [0.717, 1.165) is 5.56 Å². The van der Waals surface area contributed by atoms with Crippen molar-refractivity contribution in [1.29, 1.82) is 0 Å². The summed E-state index contributed by atoms with van der Waals surface area (Å²) in [6.45, 7) is 0.576. The van der Waals surface area contributed by atoms with Gasteiger partial charge in [-0.1, -0.05) is 30.3 Å². The first-order chi connectivity index (χ1) is 11.7. The van der Waals surface area contributed by atoms with Crippen molar-refractivity contribution in [2.45, 2.75) is 6.29 Å². The molecule has 2 aromatic rings. The van der Waals surface area contributed by atoms with Gasteiger partial charge >= 0.3 is 5.97 Å². The summed E-state index contributed by atoms with van der Waals surface area (Å²) in [7, 11) is 3.03. The van der Waals surface area contributed by atoms with Crippen LogP contribution in [0.4, 0.5) is 0 Å². The normalized spacial score (nSPS) is 11.8. The molecule has 0 spiro atoms. The molecule has 0 radical (unpaired) electrons. The number of methoxy groups -OCH3 is 2. The number of ether oxygens (including phenoxy) is 4. The van der Waals surface area contributed by atoms with Gasteiger partial charge in [-0.25, -0.2) is 4.79 Å². The Bertz CT molecular complexity index is 656. The van der Waals surface area contributed by atoms with Crippen molar-refractivity contribution < 1.29 is 28.8 Å². The summed E-state index contributed by atoms with van der Waals surface area (Å²) in [6, 6.07) is 14.0. The lowest BCUT2D eigenvalue weighted by Gasteiger charge is -2.17. The van der Waals surface area contributed by atoms with Crippen LogP contribution in [0.2, 0.25) is 0 Å². The van der Waals surface area contributed by atoms with Crippen LogP contribution < -0.4 is 9.47 Å². The minimum atomic E-state index is -1.02. The lowest BCUT2D eigenvalue weighted by molar-refractivity contribution is -0.132. The van der Waals surface area contributed by atoms with E-state index < -0.39 is 12.3 Å². The molecule has 0 bridgehead atoms. The molecule has 6 heteroatoms. The fraction of sp³-hybridized carbons (Fsp3) is 0.278. The largest absolute Gasteiger partial charge is 0.493 e. The first kappa shape index (κ1) is 17.8. The molecule has 1 atom stereocenters. The maximum Gasteiger partial charge on any atom is 0.335 e. The van der Waals surface area contributed by atoms with E-state index in [4.69, 9.17) is 24.1 Å². The third kappa shape index (κ3) is 4.71. The van der Waals surface area contributed by atoms with Crippen molar-refractivity contribution in [3.63, 3.8) is 0 Å². The Morgan fingerprint density at radius 3 is 2.42 bits per heavy atom. The Morgan fingerprint density at radius 2 is 1.79 bits per heavy atom. The SMILES string of the molecule is COc1cc(C(=O)O)ccc1OCCOC(OC)c1ccccc1. The third-order valence-electron chi connectivity index (χ3n) is 3.31. The van der Waals surface area contributed by atoms with E-state index in [9.17, 15) is 4.79 Å². The molecule has 1 unspecified atom stereocenters. The number of benzene rings is 2. The predicted molar refractivity (Wildman–Crippen MR) is 87.6 cm³/mol.